The van der Waals surface area contributed by atoms with E-state index in [0.29, 0.717) is 18.3 Å². The zero-order valence-corrected chi connectivity index (χ0v) is 20.2. The van der Waals surface area contributed by atoms with Gasteiger partial charge in [0.05, 0.1) is 17.2 Å². The first-order valence-electron chi connectivity index (χ1n) is 12.3. The molecule has 9 nitrogen and oxygen atoms in total. The van der Waals surface area contributed by atoms with E-state index in [-0.39, 0.29) is 11.8 Å². The maximum absolute atomic E-state index is 13.0. The predicted octanol–water partition coefficient (Wildman–Crippen LogP) is 4.03. The van der Waals surface area contributed by atoms with Gasteiger partial charge in [-0.25, -0.2) is 35.4 Å². The highest BCUT2D eigenvalue weighted by Gasteiger charge is 2.35. The van der Waals surface area contributed by atoms with Crippen molar-refractivity contribution in [1.82, 2.24) is 34.9 Å². The smallest absolute Gasteiger partial charge is 0.248 e. The highest BCUT2D eigenvalue weighted by molar-refractivity contribution is 6.04. The van der Waals surface area contributed by atoms with Gasteiger partial charge in [-0.3, -0.25) is 4.79 Å². The SMILES string of the molecule is CCn1c(-c2cnc(C)nc2)nc2c(-c3ccc4c(c3)C(C)C(=O)N4NCC3CCC3)ncnc21. The number of imidazole rings is 1. The van der Waals surface area contributed by atoms with Crippen molar-refractivity contribution >= 4 is 22.8 Å². The topological polar surface area (TPSA) is 102 Å². The van der Waals surface area contributed by atoms with Gasteiger partial charge in [-0.2, -0.15) is 0 Å². The number of carbonyl (C=O) groups excluding carboxylic acids is 1. The van der Waals surface area contributed by atoms with Crippen LogP contribution in [0.5, 0.6) is 0 Å². The van der Waals surface area contributed by atoms with Crippen LogP contribution in [0.15, 0.2) is 36.9 Å². The maximum Gasteiger partial charge on any atom is 0.248 e. The van der Waals surface area contributed by atoms with Gasteiger partial charge < -0.3 is 4.57 Å². The molecule has 6 rings (SSSR count). The van der Waals surface area contributed by atoms with E-state index >= 15 is 0 Å². The predicted molar refractivity (Wildman–Crippen MR) is 133 cm³/mol. The Morgan fingerprint density at radius 3 is 2.60 bits per heavy atom. The minimum Gasteiger partial charge on any atom is -0.309 e. The first kappa shape index (κ1) is 21.8. The molecule has 0 spiro atoms. The summed E-state index contributed by atoms with van der Waals surface area (Å²) in [5.74, 6) is 2.01. The number of anilines is 1. The van der Waals surface area contributed by atoms with Crippen LogP contribution in [0, 0.1) is 12.8 Å². The van der Waals surface area contributed by atoms with Crippen molar-refractivity contribution in [2.24, 2.45) is 5.92 Å². The average molecular weight is 469 g/mol. The Bertz CT molecular complexity index is 1420. The van der Waals surface area contributed by atoms with Crippen LogP contribution in [0.1, 0.15) is 50.4 Å². The lowest BCUT2D eigenvalue weighted by Gasteiger charge is -2.28. The first-order valence-corrected chi connectivity index (χ1v) is 12.3. The fourth-order valence-electron chi connectivity index (χ4n) is 4.95. The van der Waals surface area contributed by atoms with E-state index in [1.807, 2.05) is 26.0 Å². The summed E-state index contributed by atoms with van der Waals surface area (Å²) in [6.07, 6.45) is 8.92. The summed E-state index contributed by atoms with van der Waals surface area (Å²) in [6, 6.07) is 6.10. The second-order valence-corrected chi connectivity index (χ2v) is 9.42. The number of fused-ring (bicyclic) bond motifs is 2. The molecule has 4 aromatic rings. The summed E-state index contributed by atoms with van der Waals surface area (Å²) < 4.78 is 2.06. The molecule has 0 saturated heterocycles. The van der Waals surface area contributed by atoms with Gasteiger partial charge in [0, 0.05) is 31.0 Å². The molecule has 178 valence electrons. The molecule has 4 heterocycles. The quantitative estimate of drug-likeness (QED) is 0.456. The summed E-state index contributed by atoms with van der Waals surface area (Å²) in [6.45, 7) is 7.43. The van der Waals surface area contributed by atoms with E-state index in [9.17, 15) is 4.79 Å². The van der Waals surface area contributed by atoms with E-state index in [2.05, 4.69) is 42.9 Å². The zero-order chi connectivity index (χ0) is 24.1. The Morgan fingerprint density at radius 1 is 1.09 bits per heavy atom. The Balaban J connectivity index is 1.41. The minimum absolute atomic E-state index is 0.0845. The van der Waals surface area contributed by atoms with Crippen molar-refractivity contribution < 1.29 is 4.79 Å². The zero-order valence-electron chi connectivity index (χ0n) is 20.2. The number of hydrogen-bond acceptors (Lipinski definition) is 7. The van der Waals surface area contributed by atoms with Crippen LogP contribution < -0.4 is 10.4 Å². The summed E-state index contributed by atoms with van der Waals surface area (Å²) in [5.41, 5.74) is 9.30. The number of aryl methyl sites for hydroxylation is 2. The number of benzene rings is 1. The van der Waals surface area contributed by atoms with Crippen molar-refractivity contribution in [2.45, 2.75) is 52.5 Å². The monoisotopic (exact) mass is 468 g/mol. The number of nitrogens with zero attached hydrogens (tertiary/aromatic N) is 7. The normalized spacial score (nSPS) is 17.7. The molecular weight excluding hydrogens is 440 g/mol. The molecule has 1 aliphatic heterocycles. The van der Waals surface area contributed by atoms with E-state index in [1.165, 1.54) is 19.3 Å². The molecule has 35 heavy (non-hydrogen) atoms. The molecule has 1 aromatic carbocycles. The number of rotatable bonds is 6. The molecule has 0 radical (unpaired) electrons. The summed E-state index contributed by atoms with van der Waals surface area (Å²) in [7, 11) is 0. The van der Waals surface area contributed by atoms with E-state index in [0.717, 1.165) is 51.6 Å². The molecule has 0 bridgehead atoms. The van der Waals surface area contributed by atoms with Gasteiger partial charge in [0.2, 0.25) is 5.91 Å². The number of hydrazine groups is 1. The van der Waals surface area contributed by atoms with Gasteiger partial charge in [-0.1, -0.05) is 12.5 Å². The minimum atomic E-state index is -0.218. The Kier molecular flexibility index (Phi) is 5.29. The number of aromatic nitrogens is 6. The number of carbonyl (C=O) groups is 1. The molecule has 1 fully saturated rings. The van der Waals surface area contributed by atoms with Gasteiger partial charge in [-0.15, -0.1) is 0 Å². The van der Waals surface area contributed by atoms with E-state index in [1.54, 1.807) is 23.7 Å². The fourth-order valence-corrected chi connectivity index (χ4v) is 4.95. The van der Waals surface area contributed by atoms with Crippen molar-refractivity contribution in [2.75, 3.05) is 11.6 Å². The van der Waals surface area contributed by atoms with Crippen LogP contribution in [-0.2, 0) is 11.3 Å². The van der Waals surface area contributed by atoms with Gasteiger partial charge >= 0.3 is 0 Å². The molecule has 3 aromatic heterocycles. The highest BCUT2D eigenvalue weighted by Crippen LogP contribution is 2.40. The highest BCUT2D eigenvalue weighted by atomic mass is 16.2. The van der Waals surface area contributed by atoms with Gasteiger partial charge in [0.15, 0.2) is 5.65 Å². The van der Waals surface area contributed by atoms with Gasteiger partial charge in [-0.05, 0) is 57.2 Å². The molecule has 1 amide bonds. The Labute approximate surface area is 203 Å². The van der Waals surface area contributed by atoms with Crippen molar-refractivity contribution in [1.29, 1.82) is 0 Å². The van der Waals surface area contributed by atoms with E-state index in [4.69, 9.17) is 4.98 Å². The van der Waals surface area contributed by atoms with Crippen LogP contribution in [-0.4, -0.2) is 41.9 Å². The van der Waals surface area contributed by atoms with Gasteiger partial charge in [0.1, 0.15) is 29.2 Å². The second-order valence-electron chi connectivity index (χ2n) is 9.42. The third kappa shape index (κ3) is 3.58. The fraction of sp³-hybridized carbons (Fsp3) is 0.385. The van der Waals surface area contributed by atoms with Crippen LogP contribution in [0.25, 0.3) is 33.8 Å². The Hall–Kier alpha value is -3.72. The first-order chi connectivity index (χ1) is 17.0. The molecule has 1 unspecified atom stereocenters. The van der Waals surface area contributed by atoms with Crippen LogP contribution >= 0.6 is 0 Å². The third-order valence-corrected chi connectivity index (χ3v) is 7.25. The summed E-state index contributed by atoms with van der Waals surface area (Å²) in [4.78, 5) is 35.8. The Morgan fingerprint density at radius 2 is 1.89 bits per heavy atom. The standard InChI is InChI=1S/C26H28N8O/c1-4-33-24(19-12-27-16(3)28-13-19)32-23-22(29-14-30-25(23)33)18-8-9-21-20(10-18)15(2)26(35)34(21)31-11-17-6-5-7-17/h8-10,12-15,17,31H,4-7,11H2,1-3H3. The third-order valence-electron chi connectivity index (χ3n) is 7.25. The van der Waals surface area contributed by atoms with Crippen molar-refractivity contribution in [3.8, 4) is 22.6 Å². The lowest BCUT2D eigenvalue weighted by Crippen LogP contribution is -2.44. The molecule has 2 aliphatic rings. The molecule has 1 N–H and O–H groups in total. The molecule has 1 aliphatic carbocycles. The number of nitrogens with one attached hydrogen (secondary N) is 1. The lowest BCUT2D eigenvalue weighted by molar-refractivity contribution is -0.119. The second kappa shape index (κ2) is 8.49. The molecule has 1 atom stereocenters. The summed E-state index contributed by atoms with van der Waals surface area (Å²) >= 11 is 0. The van der Waals surface area contributed by atoms with E-state index < -0.39 is 0 Å². The van der Waals surface area contributed by atoms with Gasteiger partial charge in [0.25, 0.3) is 0 Å². The maximum atomic E-state index is 13.0. The van der Waals surface area contributed by atoms with Crippen LogP contribution in [0.2, 0.25) is 0 Å². The average Bonchev–Trinajstić information content (AvgIpc) is 3.34. The molecular formula is C26H28N8O. The van der Waals surface area contributed by atoms with Crippen molar-refractivity contribution in [3.63, 3.8) is 0 Å². The number of amides is 1. The number of hydrogen-bond donors (Lipinski definition) is 1. The van der Waals surface area contributed by atoms with Crippen LogP contribution in [0.4, 0.5) is 5.69 Å². The van der Waals surface area contributed by atoms with Crippen molar-refractivity contribution in [3.05, 3.63) is 48.3 Å². The largest absolute Gasteiger partial charge is 0.309 e. The van der Waals surface area contributed by atoms with Crippen LogP contribution in [0.3, 0.4) is 0 Å². The molecule has 1 saturated carbocycles. The summed E-state index contributed by atoms with van der Waals surface area (Å²) in [5, 5.41) is 1.74. The lowest BCUT2D eigenvalue weighted by atomic mass is 9.86. The molecule has 9 heteroatoms.